The fourth-order valence-corrected chi connectivity index (χ4v) is 1.36. The van der Waals surface area contributed by atoms with Gasteiger partial charge in [0.25, 0.3) is 0 Å². The van der Waals surface area contributed by atoms with Gasteiger partial charge in [-0.25, -0.2) is 0 Å². The molecular weight excluding hydrogens is 202 g/mol. The normalized spacial score (nSPS) is 12.0. The Hall–Kier alpha value is -0.900. The third-order valence-electron chi connectivity index (χ3n) is 2.25. The number of nitrogens with one attached hydrogen (secondary N) is 1. The highest BCUT2D eigenvalue weighted by atomic mass is 16.4. The zero-order chi connectivity index (χ0) is 12.0. The summed E-state index contributed by atoms with van der Waals surface area (Å²) < 4.78 is 5.54. The second-order valence-corrected chi connectivity index (χ2v) is 5.12. The van der Waals surface area contributed by atoms with Crippen LogP contribution < -0.4 is 5.32 Å². The molecule has 1 heterocycles. The molecule has 92 valence electrons. The monoisotopic (exact) mass is 225 g/mol. The van der Waals surface area contributed by atoms with E-state index in [0.717, 1.165) is 44.0 Å². The van der Waals surface area contributed by atoms with Crippen LogP contribution in [0.25, 0.3) is 0 Å². The van der Waals surface area contributed by atoms with Gasteiger partial charge in [0.2, 0.25) is 11.8 Å². The van der Waals surface area contributed by atoms with Crippen LogP contribution in [-0.2, 0) is 12.8 Å². The first-order valence-electron chi connectivity index (χ1n) is 6.07. The van der Waals surface area contributed by atoms with Crippen molar-refractivity contribution in [2.75, 3.05) is 6.54 Å². The average Bonchev–Trinajstić information content (AvgIpc) is 2.61. The number of hydrogen-bond acceptors (Lipinski definition) is 4. The third-order valence-corrected chi connectivity index (χ3v) is 2.25. The maximum Gasteiger partial charge on any atom is 0.217 e. The molecule has 0 aliphatic carbocycles. The van der Waals surface area contributed by atoms with Gasteiger partial charge in [0, 0.05) is 24.9 Å². The lowest BCUT2D eigenvalue weighted by Crippen LogP contribution is -2.37. The Morgan fingerprint density at radius 3 is 2.31 bits per heavy atom. The summed E-state index contributed by atoms with van der Waals surface area (Å²) in [5.41, 5.74) is 0.144. The highest BCUT2D eigenvalue weighted by Crippen LogP contribution is 2.05. The third kappa shape index (κ3) is 5.26. The minimum atomic E-state index is 0.144. The Morgan fingerprint density at radius 2 is 1.75 bits per heavy atom. The molecule has 0 radical (unpaired) electrons. The van der Waals surface area contributed by atoms with Crippen LogP contribution in [0.3, 0.4) is 0 Å². The fourth-order valence-electron chi connectivity index (χ4n) is 1.36. The van der Waals surface area contributed by atoms with E-state index in [1.807, 2.05) is 0 Å². The molecule has 1 rings (SSSR count). The Kier molecular flexibility index (Phi) is 4.93. The molecule has 0 aliphatic heterocycles. The number of nitrogens with zero attached hydrogens (tertiary/aromatic N) is 2. The minimum absolute atomic E-state index is 0.144. The smallest absolute Gasteiger partial charge is 0.217 e. The van der Waals surface area contributed by atoms with Crippen molar-refractivity contribution in [2.24, 2.45) is 0 Å². The highest BCUT2D eigenvalue weighted by Gasteiger charge is 2.10. The summed E-state index contributed by atoms with van der Waals surface area (Å²) in [6.45, 7) is 9.47. The van der Waals surface area contributed by atoms with Gasteiger partial charge in [-0.15, -0.1) is 10.2 Å². The molecule has 0 aliphatic rings. The molecule has 4 heteroatoms. The predicted molar refractivity (Wildman–Crippen MR) is 64.4 cm³/mol. The Labute approximate surface area is 97.8 Å². The van der Waals surface area contributed by atoms with Crippen LogP contribution >= 0.6 is 0 Å². The first kappa shape index (κ1) is 13.2. The van der Waals surface area contributed by atoms with Gasteiger partial charge in [0.1, 0.15) is 0 Å². The van der Waals surface area contributed by atoms with Gasteiger partial charge in [0.05, 0.1) is 0 Å². The summed E-state index contributed by atoms with van der Waals surface area (Å²) in [5.74, 6) is 1.51. The molecule has 1 aromatic rings. The van der Waals surface area contributed by atoms with Crippen molar-refractivity contribution in [2.45, 2.75) is 58.9 Å². The molecular formula is C12H23N3O. The molecule has 0 saturated heterocycles. The summed E-state index contributed by atoms with van der Waals surface area (Å²) >= 11 is 0. The topological polar surface area (TPSA) is 51.0 Å². The van der Waals surface area contributed by atoms with Crippen molar-refractivity contribution in [3.8, 4) is 0 Å². The Bertz CT molecular complexity index is 301. The van der Waals surface area contributed by atoms with Gasteiger partial charge < -0.3 is 9.73 Å². The van der Waals surface area contributed by atoms with Crippen molar-refractivity contribution >= 4 is 0 Å². The first-order chi connectivity index (χ1) is 7.51. The van der Waals surface area contributed by atoms with E-state index in [4.69, 9.17) is 4.42 Å². The van der Waals surface area contributed by atoms with Gasteiger partial charge in [-0.3, -0.25) is 0 Å². The van der Waals surface area contributed by atoms with Gasteiger partial charge in [-0.05, 0) is 27.2 Å². The second-order valence-electron chi connectivity index (χ2n) is 5.12. The molecule has 0 amide bonds. The largest absolute Gasteiger partial charge is 0.425 e. The van der Waals surface area contributed by atoms with E-state index in [9.17, 15) is 0 Å². The average molecular weight is 225 g/mol. The molecule has 0 spiro atoms. The number of unbranched alkanes of at least 4 members (excludes halogenated alkanes) is 1. The number of hydrogen-bond donors (Lipinski definition) is 1. The van der Waals surface area contributed by atoms with E-state index < -0.39 is 0 Å². The van der Waals surface area contributed by atoms with Crippen LogP contribution in [0.5, 0.6) is 0 Å². The van der Waals surface area contributed by atoms with Crippen molar-refractivity contribution in [1.29, 1.82) is 0 Å². The summed E-state index contributed by atoms with van der Waals surface area (Å²) in [6.07, 6.45) is 3.97. The van der Waals surface area contributed by atoms with E-state index in [0.29, 0.717) is 0 Å². The lowest BCUT2D eigenvalue weighted by Gasteiger charge is -2.19. The number of aryl methyl sites for hydroxylation is 1. The van der Waals surface area contributed by atoms with Gasteiger partial charge in [-0.1, -0.05) is 13.3 Å². The molecule has 0 fully saturated rings. The first-order valence-corrected chi connectivity index (χ1v) is 6.07. The predicted octanol–water partition coefficient (Wildman–Crippen LogP) is 2.34. The fraction of sp³-hybridized carbons (Fsp3) is 0.833. The van der Waals surface area contributed by atoms with Crippen LogP contribution in [0.1, 0.15) is 52.3 Å². The summed E-state index contributed by atoms with van der Waals surface area (Å²) in [5, 5.41) is 11.5. The molecule has 1 aromatic heterocycles. The molecule has 0 saturated carbocycles. The molecule has 0 bridgehead atoms. The van der Waals surface area contributed by atoms with E-state index in [2.05, 4.69) is 43.2 Å². The van der Waals surface area contributed by atoms with Crippen molar-refractivity contribution < 1.29 is 4.42 Å². The summed E-state index contributed by atoms with van der Waals surface area (Å²) in [7, 11) is 0. The Morgan fingerprint density at radius 1 is 1.12 bits per heavy atom. The molecule has 0 atom stereocenters. The maximum atomic E-state index is 5.54. The molecule has 1 N–H and O–H groups in total. The molecule has 0 unspecified atom stereocenters. The molecule has 4 nitrogen and oxygen atoms in total. The molecule has 0 aromatic carbocycles. The number of aromatic nitrogens is 2. The lowest BCUT2D eigenvalue weighted by molar-refractivity contribution is 0.399. The van der Waals surface area contributed by atoms with Crippen molar-refractivity contribution in [1.82, 2.24) is 15.5 Å². The van der Waals surface area contributed by atoms with E-state index in [-0.39, 0.29) is 5.54 Å². The Balaban J connectivity index is 2.29. The van der Waals surface area contributed by atoms with E-state index in [1.165, 1.54) is 0 Å². The van der Waals surface area contributed by atoms with Gasteiger partial charge >= 0.3 is 0 Å². The summed E-state index contributed by atoms with van der Waals surface area (Å²) in [4.78, 5) is 0. The zero-order valence-corrected chi connectivity index (χ0v) is 10.8. The van der Waals surface area contributed by atoms with Crippen molar-refractivity contribution in [3.05, 3.63) is 11.8 Å². The summed E-state index contributed by atoms with van der Waals surface area (Å²) in [6, 6.07) is 0. The SMILES string of the molecule is CCCCc1nnc(CCNC(C)(C)C)o1. The van der Waals surface area contributed by atoms with E-state index in [1.54, 1.807) is 0 Å². The standard InChI is InChI=1S/C12H23N3O/c1-5-6-7-10-14-15-11(16-10)8-9-13-12(2,3)4/h13H,5-9H2,1-4H3. The maximum absolute atomic E-state index is 5.54. The van der Waals surface area contributed by atoms with Crippen LogP contribution in [0.15, 0.2) is 4.42 Å². The van der Waals surface area contributed by atoms with Crippen molar-refractivity contribution in [3.63, 3.8) is 0 Å². The van der Waals surface area contributed by atoms with E-state index >= 15 is 0 Å². The van der Waals surface area contributed by atoms with Gasteiger partial charge in [0.15, 0.2) is 0 Å². The molecule has 16 heavy (non-hydrogen) atoms. The van der Waals surface area contributed by atoms with Crippen LogP contribution in [0, 0.1) is 0 Å². The van der Waals surface area contributed by atoms with Crippen LogP contribution in [-0.4, -0.2) is 22.3 Å². The quantitative estimate of drug-likeness (QED) is 0.807. The zero-order valence-electron chi connectivity index (χ0n) is 10.8. The van der Waals surface area contributed by atoms with Crippen LogP contribution in [0.2, 0.25) is 0 Å². The highest BCUT2D eigenvalue weighted by molar-refractivity contribution is 4.84. The van der Waals surface area contributed by atoms with Crippen LogP contribution in [0.4, 0.5) is 0 Å². The minimum Gasteiger partial charge on any atom is -0.425 e. The number of rotatable bonds is 6. The second kappa shape index (κ2) is 5.99. The van der Waals surface area contributed by atoms with Gasteiger partial charge in [-0.2, -0.15) is 0 Å². The lowest BCUT2D eigenvalue weighted by atomic mass is 10.1.